The zero-order chi connectivity index (χ0) is 14.3. The normalized spacial score (nSPS) is 9.55. The third-order valence-electron chi connectivity index (χ3n) is 2.59. The maximum absolute atomic E-state index is 11.8. The summed E-state index contributed by atoms with van der Waals surface area (Å²) in [6.07, 6.45) is 1.23. The molecule has 0 fully saturated rings. The van der Waals surface area contributed by atoms with Gasteiger partial charge in [-0.1, -0.05) is 6.07 Å². The van der Waals surface area contributed by atoms with Crippen LogP contribution in [-0.4, -0.2) is 25.4 Å². The molecule has 1 rings (SSSR count). The van der Waals surface area contributed by atoms with Crippen molar-refractivity contribution in [3.05, 3.63) is 23.8 Å². The Balaban J connectivity index is 0.00000361. The number of rotatable bonds is 6. The second kappa shape index (κ2) is 9.34. The van der Waals surface area contributed by atoms with Crippen LogP contribution in [0.2, 0.25) is 0 Å². The molecule has 0 aliphatic carbocycles. The zero-order valence-corrected chi connectivity index (χ0v) is 12.9. The van der Waals surface area contributed by atoms with E-state index in [1.807, 2.05) is 26.1 Å². The summed E-state index contributed by atoms with van der Waals surface area (Å²) in [5.41, 5.74) is 2.30. The highest BCUT2D eigenvalue weighted by Gasteiger charge is 2.08. The number of amides is 2. The number of halogens is 1. The Bertz CT molecular complexity index is 464. The number of benzene rings is 1. The molecule has 0 saturated heterocycles. The molecule has 0 spiro atoms. The van der Waals surface area contributed by atoms with Crippen LogP contribution >= 0.6 is 12.4 Å². The highest BCUT2D eigenvalue weighted by Crippen LogP contribution is 2.23. The smallest absolute Gasteiger partial charge is 0.224 e. The Hall–Kier alpha value is -1.59. The van der Waals surface area contributed by atoms with Crippen LogP contribution in [0.1, 0.15) is 25.3 Å². The summed E-state index contributed by atoms with van der Waals surface area (Å²) < 4.78 is 0. The van der Waals surface area contributed by atoms with E-state index in [-0.39, 0.29) is 24.2 Å². The van der Waals surface area contributed by atoms with Crippen molar-refractivity contribution >= 4 is 35.6 Å². The molecule has 0 heterocycles. The fourth-order valence-electron chi connectivity index (χ4n) is 1.70. The molecule has 20 heavy (non-hydrogen) atoms. The van der Waals surface area contributed by atoms with E-state index in [1.165, 1.54) is 6.92 Å². The molecule has 5 nitrogen and oxygen atoms in total. The molecular weight excluding hydrogens is 278 g/mol. The Morgan fingerprint density at radius 1 is 1.15 bits per heavy atom. The average molecular weight is 300 g/mol. The molecule has 3 N–H and O–H groups in total. The number of carbonyl (C=O) groups excluding carboxylic acids is 2. The van der Waals surface area contributed by atoms with E-state index in [0.29, 0.717) is 17.8 Å². The molecule has 1 aromatic carbocycles. The largest absolute Gasteiger partial charge is 0.325 e. The average Bonchev–Trinajstić information content (AvgIpc) is 2.32. The molecule has 2 amide bonds. The summed E-state index contributed by atoms with van der Waals surface area (Å²) in [6.45, 7) is 4.19. The van der Waals surface area contributed by atoms with Gasteiger partial charge in [-0.05, 0) is 44.6 Å². The predicted molar refractivity (Wildman–Crippen MR) is 84.5 cm³/mol. The first-order valence-corrected chi connectivity index (χ1v) is 6.35. The third kappa shape index (κ3) is 6.54. The van der Waals surface area contributed by atoms with Crippen LogP contribution in [0.15, 0.2) is 18.2 Å². The van der Waals surface area contributed by atoms with Crippen LogP contribution in [-0.2, 0) is 9.59 Å². The van der Waals surface area contributed by atoms with Crippen LogP contribution < -0.4 is 16.0 Å². The van der Waals surface area contributed by atoms with Crippen molar-refractivity contribution in [3.63, 3.8) is 0 Å². The van der Waals surface area contributed by atoms with Crippen molar-refractivity contribution in [1.82, 2.24) is 5.32 Å². The molecule has 112 valence electrons. The van der Waals surface area contributed by atoms with Gasteiger partial charge in [0.1, 0.15) is 0 Å². The lowest BCUT2D eigenvalue weighted by atomic mass is 10.1. The minimum Gasteiger partial charge on any atom is -0.325 e. The lowest BCUT2D eigenvalue weighted by Gasteiger charge is -2.12. The van der Waals surface area contributed by atoms with Gasteiger partial charge < -0.3 is 16.0 Å². The Kier molecular flexibility index (Phi) is 8.59. The summed E-state index contributed by atoms with van der Waals surface area (Å²) in [5.74, 6) is -0.206. The first kappa shape index (κ1) is 18.4. The van der Waals surface area contributed by atoms with Crippen molar-refractivity contribution in [2.75, 3.05) is 24.2 Å². The van der Waals surface area contributed by atoms with Gasteiger partial charge >= 0.3 is 0 Å². The van der Waals surface area contributed by atoms with Crippen LogP contribution in [0.5, 0.6) is 0 Å². The lowest BCUT2D eigenvalue weighted by molar-refractivity contribution is -0.116. The van der Waals surface area contributed by atoms with Gasteiger partial charge in [-0.3, -0.25) is 9.59 Å². The number of nitrogens with one attached hydrogen (secondary N) is 3. The quantitative estimate of drug-likeness (QED) is 0.706. The molecular formula is C14H22ClN3O2. The summed E-state index contributed by atoms with van der Waals surface area (Å²) in [4.78, 5) is 22.9. The molecule has 1 aromatic rings. The van der Waals surface area contributed by atoms with E-state index in [1.54, 1.807) is 6.07 Å². The van der Waals surface area contributed by atoms with Gasteiger partial charge in [-0.2, -0.15) is 0 Å². The van der Waals surface area contributed by atoms with Gasteiger partial charge in [-0.25, -0.2) is 0 Å². The minimum atomic E-state index is -0.158. The van der Waals surface area contributed by atoms with Gasteiger partial charge in [0.2, 0.25) is 11.8 Å². The Labute approximate surface area is 125 Å². The molecule has 0 bridgehead atoms. The second-order valence-corrected chi connectivity index (χ2v) is 4.49. The SMILES string of the molecule is CNCCCC(=O)Nc1cc(C)ccc1NC(C)=O.Cl. The highest BCUT2D eigenvalue weighted by atomic mass is 35.5. The molecule has 0 aromatic heterocycles. The van der Waals surface area contributed by atoms with Crippen molar-refractivity contribution < 1.29 is 9.59 Å². The van der Waals surface area contributed by atoms with Crippen LogP contribution in [0.4, 0.5) is 11.4 Å². The summed E-state index contributed by atoms with van der Waals surface area (Å²) in [7, 11) is 1.85. The standard InChI is InChI=1S/C14H21N3O2.ClH/c1-10-6-7-12(16-11(2)18)13(9-10)17-14(19)5-4-8-15-3;/h6-7,9,15H,4-5,8H2,1-3H3,(H,16,18)(H,17,19);1H. The minimum absolute atomic E-state index is 0. The molecule has 6 heteroatoms. The van der Waals surface area contributed by atoms with Crippen LogP contribution in [0.25, 0.3) is 0 Å². The number of hydrogen-bond acceptors (Lipinski definition) is 3. The fourth-order valence-corrected chi connectivity index (χ4v) is 1.70. The van der Waals surface area contributed by atoms with Crippen LogP contribution in [0, 0.1) is 6.92 Å². The topological polar surface area (TPSA) is 70.2 Å². The Morgan fingerprint density at radius 2 is 1.85 bits per heavy atom. The molecule has 0 aliphatic heterocycles. The number of anilines is 2. The first-order valence-electron chi connectivity index (χ1n) is 6.35. The van der Waals surface area contributed by atoms with Gasteiger partial charge in [0.25, 0.3) is 0 Å². The fraction of sp³-hybridized carbons (Fsp3) is 0.429. The van der Waals surface area contributed by atoms with E-state index in [4.69, 9.17) is 0 Å². The van der Waals surface area contributed by atoms with Crippen molar-refractivity contribution in [3.8, 4) is 0 Å². The van der Waals surface area contributed by atoms with E-state index in [2.05, 4.69) is 16.0 Å². The molecule has 0 atom stereocenters. The Morgan fingerprint density at radius 3 is 2.45 bits per heavy atom. The van der Waals surface area contributed by atoms with Gasteiger partial charge in [-0.15, -0.1) is 12.4 Å². The van der Waals surface area contributed by atoms with E-state index in [0.717, 1.165) is 18.5 Å². The van der Waals surface area contributed by atoms with Crippen molar-refractivity contribution in [2.45, 2.75) is 26.7 Å². The molecule has 0 aliphatic rings. The molecule has 0 radical (unpaired) electrons. The van der Waals surface area contributed by atoms with Crippen molar-refractivity contribution in [2.24, 2.45) is 0 Å². The number of carbonyl (C=O) groups is 2. The second-order valence-electron chi connectivity index (χ2n) is 4.49. The van der Waals surface area contributed by atoms with Gasteiger partial charge in [0.05, 0.1) is 11.4 Å². The van der Waals surface area contributed by atoms with E-state index in [9.17, 15) is 9.59 Å². The lowest BCUT2D eigenvalue weighted by Crippen LogP contribution is -2.17. The zero-order valence-electron chi connectivity index (χ0n) is 12.1. The maximum Gasteiger partial charge on any atom is 0.224 e. The molecule has 0 unspecified atom stereocenters. The van der Waals surface area contributed by atoms with E-state index >= 15 is 0 Å². The predicted octanol–water partition coefficient (Wildman–Crippen LogP) is 2.31. The first-order chi connectivity index (χ1) is 9.02. The summed E-state index contributed by atoms with van der Waals surface area (Å²) in [5, 5.41) is 8.54. The molecule has 0 saturated carbocycles. The summed E-state index contributed by atoms with van der Waals surface area (Å²) in [6, 6.07) is 5.53. The van der Waals surface area contributed by atoms with Crippen molar-refractivity contribution in [1.29, 1.82) is 0 Å². The van der Waals surface area contributed by atoms with Crippen LogP contribution in [0.3, 0.4) is 0 Å². The highest BCUT2D eigenvalue weighted by molar-refractivity contribution is 5.98. The third-order valence-corrected chi connectivity index (χ3v) is 2.59. The van der Waals surface area contributed by atoms with Gasteiger partial charge in [0, 0.05) is 13.3 Å². The number of hydrogen-bond donors (Lipinski definition) is 3. The van der Waals surface area contributed by atoms with E-state index < -0.39 is 0 Å². The monoisotopic (exact) mass is 299 g/mol. The van der Waals surface area contributed by atoms with Gasteiger partial charge in [0.15, 0.2) is 0 Å². The maximum atomic E-state index is 11.8. The summed E-state index contributed by atoms with van der Waals surface area (Å²) >= 11 is 0. The number of aryl methyl sites for hydroxylation is 1.